The Balaban J connectivity index is 0.000000980. The summed E-state index contributed by atoms with van der Waals surface area (Å²) >= 11 is 1.85. The maximum Gasteiger partial charge on any atom is 0.115 e. The Kier molecular flexibility index (Phi) is 5.22. The van der Waals surface area contributed by atoms with E-state index in [1.807, 2.05) is 18.0 Å². The van der Waals surface area contributed by atoms with Gasteiger partial charge in [0.1, 0.15) is 5.03 Å². The molecule has 0 saturated carbocycles. The first-order valence-electron chi connectivity index (χ1n) is 4.58. The molecule has 1 N–H and O–H groups in total. The van der Waals surface area contributed by atoms with Crippen molar-refractivity contribution in [2.24, 2.45) is 0 Å². The number of hydrogen-bond donors (Lipinski definition) is 1. The zero-order valence-corrected chi connectivity index (χ0v) is 9.48. The Labute approximate surface area is 94.5 Å². The van der Waals surface area contributed by atoms with Gasteiger partial charge in [-0.3, -0.25) is 4.98 Å². The third-order valence-electron chi connectivity index (χ3n) is 2.11. The van der Waals surface area contributed by atoms with Crippen molar-refractivity contribution in [1.82, 2.24) is 15.3 Å². The normalized spacial score (nSPS) is 17.4. The summed E-state index contributed by atoms with van der Waals surface area (Å²) in [5.41, 5.74) is 0. The minimum Gasteiger partial charge on any atom is -0.317 e. The molecule has 0 atom stereocenters. The lowest BCUT2D eigenvalue weighted by atomic mass is 10.2. The molecule has 0 radical (unpaired) electrons. The third kappa shape index (κ3) is 3.44. The van der Waals surface area contributed by atoms with Crippen LogP contribution in [-0.4, -0.2) is 28.3 Å². The van der Waals surface area contributed by atoms with E-state index in [0.29, 0.717) is 0 Å². The molecule has 78 valence electrons. The topological polar surface area (TPSA) is 37.8 Å². The van der Waals surface area contributed by atoms with E-state index >= 15 is 0 Å². The molecule has 0 amide bonds. The van der Waals surface area contributed by atoms with Crippen LogP contribution in [0.15, 0.2) is 23.6 Å². The molecule has 1 fully saturated rings. The molecule has 2 rings (SSSR count). The van der Waals surface area contributed by atoms with Crippen LogP contribution in [0.2, 0.25) is 0 Å². The Bertz CT molecular complexity index is 251. The highest BCUT2D eigenvalue weighted by Gasteiger charge is 2.14. The van der Waals surface area contributed by atoms with Crippen molar-refractivity contribution in [3.8, 4) is 0 Å². The van der Waals surface area contributed by atoms with Crippen molar-refractivity contribution in [2.45, 2.75) is 23.1 Å². The number of nitrogens with one attached hydrogen (secondary N) is 1. The smallest absolute Gasteiger partial charge is 0.115 e. The van der Waals surface area contributed by atoms with Gasteiger partial charge < -0.3 is 5.32 Å². The maximum atomic E-state index is 4.25. The lowest BCUT2D eigenvalue weighted by Crippen LogP contribution is -2.29. The van der Waals surface area contributed by atoms with Crippen LogP contribution in [0, 0.1) is 0 Å². The van der Waals surface area contributed by atoms with Gasteiger partial charge in [0, 0.05) is 17.6 Å². The van der Waals surface area contributed by atoms with Crippen LogP contribution >= 0.6 is 24.2 Å². The third-order valence-corrected chi connectivity index (χ3v) is 3.37. The van der Waals surface area contributed by atoms with Gasteiger partial charge >= 0.3 is 0 Å². The molecule has 0 aromatic carbocycles. The number of hydrogen-bond acceptors (Lipinski definition) is 4. The van der Waals surface area contributed by atoms with E-state index in [1.165, 1.54) is 12.8 Å². The van der Waals surface area contributed by atoms with E-state index in [2.05, 4.69) is 15.3 Å². The van der Waals surface area contributed by atoms with E-state index in [0.717, 1.165) is 23.4 Å². The molecule has 1 aliphatic rings. The highest BCUT2D eigenvalue weighted by Crippen LogP contribution is 2.25. The summed E-state index contributed by atoms with van der Waals surface area (Å²) in [4.78, 5) is 8.30. The molecular weight excluding hydrogens is 218 g/mol. The zero-order valence-electron chi connectivity index (χ0n) is 7.85. The van der Waals surface area contributed by atoms with Crippen molar-refractivity contribution in [2.75, 3.05) is 13.1 Å². The van der Waals surface area contributed by atoms with Crippen LogP contribution in [0.1, 0.15) is 12.8 Å². The molecule has 0 bridgehead atoms. The number of rotatable bonds is 2. The average Bonchev–Trinajstić information content (AvgIpc) is 2.21. The van der Waals surface area contributed by atoms with Crippen LogP contribution in [0.25, 0.3) is 0 Å². The van der Waals surface area contributed by atoms with Gasteiger partial charge in [0.25, 0.3) is 0 Å². The second-order valence-electron chi connectivity index (χ2n) is 3.11. The first-order chi connectivity index (χ1) is 6.45. The molecule has 0 aliphatic carbocycles. The van der Waals surface area contributed by atoms with Crippen LogP contribution in [0.3, 0.4) is 0 Å². The predicted octanol–water partition coefficient (Wildman–Crippen LogP) is 1.74. The first-order valence-corrected chi connectivity index (χ1v) is 5.46. The summed E-state index contributed by atoms with van der Waals surface area (Å²) in [6, 6.07) is 0. The molecule has 1 aromatic heterocycles. The quantitative estimate of drug-likeness (QED) is 0.842. The van der Waals surface area contributed by atoms with E-state index in [4.69, 9.17) is 0 Å². The monoisotopic (exact) mass is 231 g/mol. The predicted molar refractivity (Wildman–Crippen MR) is 61.0 cm³/mol. The molecule has 2 heterocycles. The van der Waals surface area contributed by atoms with Crippen LogP contribution < -0.4 is 5.32 Å². The standard InChI is InChI=1S/C9H13N3S.ClH/c1-3-10-4-2-8(1)13-9-7-11-5-6-12-9;/h5-8,10H,1-4H2;1H. The molecule has 0 spiro atoms. The fraction of sp³-hybridized carbons (Fsp3) is 0.556. The lowest BCUT2D eigenvalue weighted by Gasteiger charge is -2.21. The molecule has 3 nitrogen and oxygen atoms in total. The van der Waals surface area contributed by atoms with E-state index in [9.17, 15) is 0 Å². The van der Waals surface area contributed by atoms with Crippen molar-refractivity contribution in [1.29, 1.82) is 0 Å². The van der Waals surface area contributed by atoms with Gasteiger partial charge in [0.2, 0.25) is 0 Å². The number of thioether (sulfide) groups is 1. The Morgan fingerprint density at radius 3 is 2.71 bits per heavy atom. The van der Waals surface area contributed by atoms with Crippen LogP contribution in [0.4, 0.5) is 0 Å². The van der Waals surface area contributed by atoms with Gasteiger partial charge in [-0.2, -0.15) is 0 Å². The number of aromatic nitrogens is 2. The fourth-order valence-corrected chi connectivity index (χ4v) is 2.49. The van der Waals surface area contributed by atoms with E-state index < -0.39 is 0 Å². The Morgan fingerprint density at radius 2 is 2.07 bits per heavy atom. The molecule has 1 saturated heterocycles. The van der Waals surface area contributed by atoms with Gasteiger partial charge in [-0.05, 0) is 25.9 Å². The molecule has 1 aliphatic heterocycles. The fourth-order valence-electron chi connectivity index (χ4n) is 1.43. The SMILES string of the molecule is Cl.c1cnc(SC2CCNCC2)cn1. The van der Waals surface area contributed by atoms with Crippen molar-refractivity contribution in [3.05, 3.63) is 18.6 Å². The van der Waals surface area contributed by atoms with Gasteiger partial charge in [0.15, 0.2) is 0 Å². The van der Waals surface area contributed by atoms with E-state index in [-0.39, 0.29) is 12.4 Å². The Morgan fingerprint density at radius 1 is 1.29 bits per heavy atom. The van der Waals surface area contributed by atoms with Crippen molar-refractivity contribution >= 4 is 24.2 Å². The molecule has 14 heavy (non-hydrogen) atoms. The average molecular weight is 232 g/mol. The highest BCUT2D eigenvalue weighted by atomic mass is 35.5. The van der Waals surface area contributed by atoms with Crippen molar-refractivity contribution < 1.29 is 0 Å². The lowest BCUT2D eigenvalue weighted by molar-refractivity contribution is 0.531. The maximum absolute atomic E-state index is 4.25. The number of nitrogens with zero attached hydrogens (tertiary/aromatic N) is 2. The second-order valence-corrected chi connectivity index (χ2v) is 4.43. The summed E-state index contributed by atoms with van der Waals surface area (Å²) in [5, 5.41) is 5.12. The summed E-state index contributed by atoms with van der Waals surface area (Å²) in [6.07, 6.45) is 7.78. The highest BCUT2D eigenvalue weighted by molar-refractivity contribution is 7.99. The van der Waals surface area contributed by atoms with Crippen molar-refractivity contribution in [3.63, 3.8) is 0 Å². The van der Waals surface area contributed by atoms with Gasteiger partial charge in [0.05, 0.1) is 6.20 Å². The molecule has 0 unspecified atom stereocenters. The van der Waals surface area contributed by atoms with Gasteiger partial charge in [-0.15, -0.1) is 24.2 Å². The minimum atomic E-state index is 0. The Hall–Kier alpha value is -0.320. The van der Waals surface area contributed by atoms with Gasteiger partial charge in [-0.1, -0.05) is 0 Å². The summed E-state index contributed by atoms with van der Waals surface area (Å²) in [6.45, 7) is 2.27. The second kappa shape index (κ2) is 6.22. The van der Waals surface area contributed by atoms with Gasteiger partial charge in [-0.25, -0.2) is 4.98 Å². The minimum absolute atomic E-state index is 0. The molecule has 5 heteroatoms. The number of halogens is 1. The first kappa shape index (κ1) is 11.8. The van der Waals surface area contributed by atoms with Crippen LogP contribution in [0.5, 0.6) is 0 Å². The zero-order chi connectivity index (χ0) is 8.93. The summed E-state index contributed by atoms with van der Waals surface area (Å²) in [5.74, 6) is 0. The van der Waals surface area contributed by atoms with Crippen LogP contribution in [-0.2, 0) is 0 Å². The molecule has 1 aromatic rings. The summed E-state index contributed by atoms with van der Waals surface area (Å²) in [7, 11) is 0. The largest absolute Gasteiger partial charge is 0.317 e. The molecular formula is C9H14ClN3S. The van der Waals surface area contributed by atoms with E-state index in [1.54, 1.807) is 12.4 Å². The summed E-state index contributed by atoms with van der Waals surface area (Å²) < 4.78 is 0. The number of piperidine rings is 1.